The Kier molecular flexibility index (Phi) is 5.08. The third-order valence-corrected chi connectivity index (χ3v) is 5.04. The van der Waals surface area contributed by atoms with Crippen molar-refractivity contribution in [3.05, 3.63) is 34.9 Å². The molecule has 1 unspecified atom stereocenters. The minimum Gasteiger partial charge on any atom is -0.329 e. The molecule has 1 fully saturated rings. The highest BCUT2D eigenvalue weighted by molar-refractivity contribution is 6.30. The van der Waals surface area contributed by atoms with E-state index in [0.717, 1.165) is 11.6 Å². The van der Waals surface area contributed by atoms with Crippen LogP contribution in [0.1, 0.15) is 30.9 Å². The zero-order chi connectivity index (χ0) is 14.8. The molecular formula is C16H26ClN3. The van der Waals surface area contributed by atoms with Crippen LogP contribution in [-0.2, 0) is 0 Å². The second kappa shape index (κ2) is 6.44. The molecule has 0 bridgehead atoms. The van der Waals surface area contributed by atoms with Gasteiger partial charge in [-0.15, -0.1) is 0 Å². The van der Waals surface area contributed by atoms with Crippen LogP contribution in [0.3, 0.4) is 0 Å². The maximum absolute atomic E-state index is 6.01. The van der Waals surface area contributed by atoms with Crippen molar-refractivity contribution in [1.82, 2.24) is 9.80 Å². The van der Waals surface area contributed by atoms with Crippen LogP contribution in [0.2, 0.25) is 5.02 Å². The number of nitrogens with zero attached hydrogens (tertiary/aromatic N) is 2. The van der Waals surface area contributed by atoms with Crippen LogP contribution in [-0.4, -0.2) is 49.6 Å². The van der Waals surface area contributed by atoms with Gasteiger partial charge in [-0.3, -0.25) is 4.90 Å². The molecule has 0 aliphatic heterocycles. The highest BCUT2D eigenvalue weighted by Gasteiger charge is 2.40. The SMILES string of the molecule is CN(CC1(N(C)C)CCC1)C(CN)c1ccc(Cl)cc1. The van der Waals surface area contributed by atoms with E-state index in [9.17, 15) is 0 Å². The number of rotatable bonds is 6. The van der Waals surface area contributed by atoms with E-state index < -0.39 is 0 Å². The zero-order valence-electron chi connectivity index (χ0n) is 12.8. The monoisotopic (exact) mass is 295 g/mol. The Labute approximate surface area is 127 Å². The molecule has 1 aromatic carbocycles. The summed E-state index contributed by atoms with van der Waals surface area (Å²) in [5, 5.41) is 0.774. The van der Waals surface area contributed by atoms with Crippen molar-refractivity contribution in [3.8, 4) is 0 Å². The third-order valence-electron chi connectivity index (χ3n) is 4.79. The number of benzene rings is 1. The molecule has 2 rings (SSSR count). The Morgan fingerprint density at radius 1 is 1.20 bits per heavy atom. The van der Waals surface area contributed by atoms with Crippen molar-refractivity contribution < 1.29 is 0 Å². The van der Waals surface area contributed by atoms with Gasteiger partial charge in [-0.25, -0.2) is 0 Å². The van der Waals surface area contributed by atoms with Gasteiger partial charge in [0.05, 0.1) is 0 Å². The minimum absolute atomic E-state index is 0.254. The molecule has 1 aliphatic carbocycles. The van der Waals surface area contributed by atoms with Crippen molar-refractivity contribution in [2.75, 3.05) is 34.2 Å². The first-order valence-corrected chi connectivity index (χ1v) is 7.69. The standard InChI is InChI=1S/C16H26ClN3/c1-19(2)16(9-4-10-16)12-20(3)15(11-18)13-5-7-14(17)8-6-13/h5-8,15H,4,9-12,18H2,1-3H3. The molecule has 0 spiro atoms. The topological polar surface area (TPSA) is 32.5 Å². The van der Waals surface area contributed by atoms with Crippen LogP contribution >= 0.6 is 11.6 Å². The first-order chi connectivity index (χ1) is 9.48. The predicted octanol–water partition coefficient (Wildman–Crippen LogP) is 2.76. The van der Waals surface area contributed by atoms with Crippen LogP contribution < -0.4 is 5.73 Å². The molecule has 1 atom stereocenters. The number of likely N-dealkylation sites (N-methyl/N-ethyl adjacent to an activating group) is 2. The average molecular weight is 296 g/mol. The van der Waals surface area contributed by atoms with Crippen LogP contribution in [0.25, 0.3) is 0 Å². The summed E-state index contributed by atoms with van der Waals surface area (Å²) < 4.78 is 0. The van der Waals surface area contributed by atoms with E-state index in [0.29, 0.717) is 12.1 Å². The lowest BCUT2D eigenvalue weighted by molar-refractivity contribution is 0.0168. The molecule has 2 N–H and O–H groups in total. The maximum atomic E-state index is 6.01. The molecule has 3 nitrogen and oxygen atoms in total. The van der Waals surface area contributed by atoms with E-state index >= 15 is 0 Å². The van der Waals surface area contributed by atoms with Gasteiger partial charge in [-0.2, -0.15) is 0 Å². The molecule has 1 saturated carbocycles. The Hall–Kier alpha value is -0.610. The minimum atomic E-state index is 0.254. The molecule has 1 aliphatic rings. The Bertz CT molecular complexity index is 426. The molecule has 0 radical (unpaired) electrons. The van der Waals surface area contributed by atoms with Gasteiger partial charge in [0.25, 0.3) is 0 Å². The first kappa shape index (κ1) is 15.8. The van der Waals surface area contributed by atoms with E-state index in [-0.39, 0.29) is 6.04 Å². The molecule has 4 heteroatoms. The number of hydrogen-bond donors (Lipinski definition) is 1. The third kappa shape index (κ3) is 3.17. The van der Waals surface area contributed by atoms with Crippen LogP contribution in [0.15, 0.2) is 24.3 Å². The lowest BCUT2D eigenvalue weighted by atomic mass is 9.75. The summed E-state index contributed by atoms with van der Waals surface area (Å²) in [6, 6.07) is 8.31. The molecule has 112 valence electrons. The van der Waals surface area contributed by atoms with Crippen molar-refractivity contribution in [1.29, 1.82) is 0 Å². The van der Waals surface area contributed by atoms with E-state index in [2.05, 4.69) is 43.1 Å². The van der Waals surface area contributed by atoms with Crippen LogP contribution in [0.4, 0.5) is 0 Å². The molecule has 1 aromatic rings. The Morgan fingerprint density at radius 3 is 2.20 bits per heavy atom. The summed E-state index contributed by atoms with van der Waals surface area (Å²) in [5.41, 5.74) is 7.58. The van der Waals surface area contributed by atoms with E-state index in [1.165, 1.54) is 24.8 Å². The molecule has 0 heterocycles. The summed E-state index contributed by atoms with van der Waals surface area (Å²) in [4.78, 5) is 4.77. The summed E-state index contributed by atoms with van der Waals surface area (Å²) in [5.74, 6) is 0. The predicted molar refractivity (Wildman–Crippen MR) is 86.1 cm³/mol. The van der Waals surface area contributed by atoms with Crippen molar-refractivity contribution in [2.24, 2.45) is 5.73 Å². The van der Waals surface area contributed by atoms with Crippen LogP contribution in [0.5, 0.6) is 0 Å². The lowest BCUT2D eigenvalue weighted by Crippen LogP contribution is -2.57. The fraction of sp³-hybridized carbons (Fsp3) is 0.625. The normalized spacial score (nSPS) is 19.1. The number of halogens is 1. The van der Waals surface area contributed by atoms with E-state index in [1.54, 1.807) is 0 Å². The van der Waals surface area contributed by atoms with Gasteiger partial charge in [0.1, 0.15) is 0 Å². The summed E-state index contributed by atoms with van der Waals surface area (Å²) in [6.45, 7) is 1.69. The lowest BCUT2D eigenvalue weighted by Gasteiger charge is -2.50. The van der Waals surface area contributed by atoms with E-state index in [4.69, 9.17) is 17.3 Å². The summed E-state index contributed by atoms with van der Waals surface area (Å²) in [6.07, 6.45) is 3.89. The van der Waals surface area contributed by atoms with Gasteiger partial charge in [0.15, 0.2) is 0 Å². The summed E-state index contributed by atoms with van der Waals surface area (Å²) in [7, 11) is 6.55. The molecular weight excluding hydrogens is 270 g/mol. The van der Waals surface area contributed by atoms with Gasteiger partial charge < -0.3 is 10.6 Å². The van der Waals surface area contributed by atoms with Crippen molar-refractivity contribution in [3.63, 3.8) is 0 Å². The number of nitrogens with two attached hydrogens (primary N) is 1. The Morgan fingerprint density at radius 2 is 1.80 bits per heavy atom. The fourth-order valence-electron chi connectivity index (χ4n) is 3.16. The quantitative estimate of drug-likeness (QED) is 0.876. The largest absolute Gasteiger partial charge is 0.329 e. The molecule has 20 heavy (non-hydrogen) atoms. The average Bonchev–Trinajstić information content (AvgIpc) is 2.36. The van der Waals surface area contributed by atoms with Gasteiger partial charge >= 0.3 is 0 Å². The van der Waals surface area contributed by atoms with Crippen LogP contribution in [0, 0.1) is 0 Å². The Balaban J connectivity index is 2.09. The van der Waals surface area contributed by atoms with Crippen molar-refractivity contribution >= 4 is 11.6 Å². The second-order valence-electron chi connectivity index (χ2n) is 6.19. The molecule has 0 aromatic heterocycles. The fourth-order valence-corrected chi connectivity index (χ4v) is 3.29. The van der Waals surface area contributed by atoms with Gasteiger partial charge in [-0.1, -0.05) is 23.7 Å². The number of hydrogen-bond acceptors (Lipinski definition) is 3. The van der Waals surface area contributed by atoms with E-state index in [1.807, 2.05) is 12.1 Å². The van der Waals surface area contributed by atoms with Gasteiger partial charge in [0, 0.05) is 29.7 Å². The smallest absolute Gasteiger partial charge is 0.0468 e. The first-order valence-electron chi connectivity index (χ1n) is 7.32. The van der Waals surface area contributed by atoms with Crippen molar-refractivity contribution in [2.45, 2.75) is 30.8 Å². The van der Waals surface area contributed by atoms with Gasteiger partial charge in [0.2, 0.25) is 0 Å². The highest BCUT2D eigenvalue weighted by Crippen LogP contribution is 2.38. The summed E-state index contributed by atoms with van der Waals surface area (Å²) >= 11 is 5.97. The molecule has 0 saturated heterocycles. The molecule has 0 amide bonds. The van der Waals surface area contributed by atoms with Gasteiger partial charge in [-0.05, 0) is 58.1 Å². The second-order valence-corrected chi connectivity index (χ2v) is 6.63. The maximum Gasteiger partial charge on any atom is 0.0468 e. The zero-order valence-corrected chi connectivity index (χ0v) is 13.5. The highest BCUT2D eigenvalue weighted by atomic mass is 35.5.